The van der Waals surface area contributed by atoms with Gasteiger partial charge in [0.15, 0.2) is 0 Å². The zero-order valence-corrected chi connectivity index (χ0v) is 10.3. The first-order valence-electron chi connectivity index (χ1n) is 6.31. The van der Waals surface area contributed by atoms with E-state index in [0.717, 1.165) is 0 Å². The highest BCUT2D eigenvalue weighted by Gasteiger charge is 2.33. The van der Waals surface area contributed by atoms with Crippen molar-refractivity contribution >= 4 is 0 Å². The Bertz CT molecular complexity index is 189. The molecule has 0 spiro atoms. The third-order valence-corrected chi connectivity index (χ3v) is 3.46. The molecule has 2 heterocycles. The normalized spacial score (nSPS) is 27.6. The number of hydrogen-bond acceptors (Lipinski definition) is 3. The fourth-order valence-corrected chi connectivity index (χ4v) is 2.78. The largest absolute Gasteiger partial charge is 0.314 e. The van der Waals surface area contributed by atoms with Crippen LogP contribution in [0.5, 0.6) is 0 Å². The molecule has 2 saturated heterocycles. The lowest BCUT2D eigenvalue weighted by Gasteiger charge is -2.46. The van der Waals surface area contributed by atoms with Crippen LogP contribution >= 0.6 is 0 Å². The van der Waals surface area contributed by atoms with E-state index in [1.165, 1.54) is 58.8 Å². The second-order valence-electron chi connectivity index (χ2n) is 5.82. The summed E-state index contributed by atoms with van der Waals surface area (Å²) in [4.78, 5) is 5.17. The van der Waals surface area contributed by atoms with Crippen molar-refractivity contribution in [3.63, 3.8) is 0 Å². The molecule has 3 nitrogen and oxygen atoms in total. The summed E-state index contributed by atoms with van der Waals surface area (Å²) in [5.74, 6) is 0. The van der Waals surface area contributed by atoms with Crippen LogP contribution in [0.1, 0.15) is 20.3 Å². The van der Waals surface area contributed by atoms with E-state index in [1.54, 1.807) is 0 Å². The molecular formula is C12H25N3. The molecule has 0 amide bonds. The summed E-state index contributed by atoms with van der Waals surface area (Å²) in [6.07, 6.45) is 1.34. The Morgan fingerprint density at radius 3 is 2.20 bits per heavy atom. The van der Waals surface area contributed by atoms with E-state index in [1.807, 2.05) is 0 Å². The molecule has 0 radical (unpaired) electrons. The minimum absolute atomic E-state index is 0.592. The van der Waals surface area contributed by atoms with Gasteiger partial charge in [-0.05, 0) is 24.9 Å². The number of likely N-dealkylation sites (tertiary alicyclic amines) is 1. The summed E-state index contributed by atoms with van der Waals surface area (Å²) in [5.41, 5.74) is 0.592. The highest BCUT2D eigenvalue weighted by atomic mass is 15.2. The Morgan fingerprint density at radius 2 is 1.60 bits per heavy atom. The number of nitrogens with one attached hydrogen (secondary N) is 1. The van der Waals surface area contributed by atoms with Crippen LogP contribution in [0.25, 0.3) is 0 Å². The minimum Gasteiger partial charge on any atom is -0.314 e. The molecule has 0 aromatic carbocycles. The topological polar surface area (TPSA) is 18.5 Å². The number of hydrogen-bond donors (Lipinski definition) is 1. The molecule has 0 atom stereocenters. The van der Waals surface area contributed by atoms with Crippen LogP contribution < -0.4 is 5.32 Å². The van der Waals surface area contributed by atoms with Crippen molar-refractivity contribution in [3.8, 4) is 0 Å². The third kappa shape index (κ3) is 3.44. The molecule has 0 bridgehead atoms. The molecule has 3 heteroatoms. The first-order chi connectivity index (χ1) is 7.16. The molecule has 2 aliphatic heterocycles. The van der Waals surface area contributed by atoms with E-state index in [9.17, 15) is 0 Å². The maximum Gasteiger partial charge on any atom is 0.0107 e. The quantitative estimate of drug-likeness (QED) is 0.735. The van der Waals surface area contributed by atoms with Crippen LogP contribution in [0.2, 0.25) is 0 Å². The summed E-state index contributed by atoms with van der Waals surface area (Å²) in [6, 6.07) is 0. The third-order valence-electron chi connectivity index (χ3n) is 3.46. The fourth-order valence-electron chi connectivity index (χ4n) is 2.78. The Balaban J connectivity index is 1.52. The highest BCUT2D eigenvalue weighted by Crippen LogP contribution is 2.28. The molecule has 0 unspecified atom stereocenters. The Labute approximate surface area is 93.8 Å². The first-order valence-corrected chi connectivity index (χ1v) is 6.31. The number of piperazine rings is 1. The molecule has 0 aromatic rings. The maximum atomic E-state index is 3.39. The van der Waals surface area contributed by atoms with Gasteiger partial charge in [-0.1, -0.05) is 13.8 Å². The van der Waals surface area contributed by atoms with Gasteiger partial charge >= 0.3 is 0 Å². The van der Waals surface area contributed by atoms with Gasteiger partial charge in [0.1, 0.15) is 0 Å². The molecule has 2 aliphatic rings. The summed E-state index contributed by atoms with van der Waals surface area (Å²) < 4.78 is 0. The van der Waals surface area contributed by atoms with Crippen LogP contribution in [-0.2, 0) is 0 Å². The average Bonchev–Trinajstić information content (AvgIpc) is 2.16. The van der Waals surface area contributed by atoms with Crippen molar-refractivity contribution in [3.05, 3.63) is 0 Å². The van der Waals surface area contributed by atoms with Crippen molar-refractivity contribution < 1.29 is 0 Å². The molecule has 2 rings (SSSR count). The van der Waals surface area contributed by atoms with Crippen molar-refractivity contribution in [2.75, 3.05) is 52.4 Å². The molecule has 15 heavy (non-hydrogen) atoms. The number of nitrogens with zero attached hydrogens (tertiary/aromatic N) is 2. The molecule has 2 fully saturated rings. The molecule has 1 N–H and O–H groups in total. The Kier molecular flexibility index (Phi) is 3.65. The lowest BCUT2D eigenvalue weighted by molar-refractivity contribution is 0.0279. The van der Waals surface area contributed by atoms with E-state index < -0.39 is 0 Å². The van der Waals surface area contributed by atoms with Gasteiger partial charge in [0.25, 0.3) is 0 Å². The summed E-state index contributed by atoms with van der Waals surface area (Å²) in [7, 11) is 0. The van der Waals surface area contributed by atoms with Crippen LogP contribution in [0.4, 0.5) is 0 Å². The van der Waals surface area contributed by atoms with E-state index in [2.05, 4.69) is 29.0 Å². The van der Waals surface area contributed by atoms with E-state index in [-0.39, 0.29) is 0 Å². The summed E-state index contributed by atoms with van der Waals surface area (Å²) in [5, 5.41) is 3.39. The van der Waals surface area contributed by atoms with Gasteiger partial charge in [0, 0.05) is 39.3 Å². The summed E-state index contributed by atoms with van der Waals surface area (Å²) in [6.45, 7) is 14.7. The maximum absolute atomic E-state index is 3.39. The molecular weight excluding hydrogens is 186 g/mol. The molecule has 0 aliphatic carbocycles. The van der Waals surface area contributed by atoms with Crippen molar-refractivity contribution in [2.45, 2.75) is 20.3 Å². The van der Waals surface area contributed by atoms with Crippen LogP contribution in [0.15, 0.2) is 0 Å². The van der Waals surface area contributed by atoms with Gasteiger partial charge in [-0.3, -0.25) is 0 Å². The van der Waals surface area contributed by atoms with Crippen LogP contribution in [0.3, 0.4) is 0 Å². The fraction of sp³-hybridized carbons (Fsp3) is 1.00. The first kappa shape index (κ1) is 11.4. The van der Waals surface area contributed by atoms with Crippen molar-refractivity contribution in [2.24, 2.45) is 5.41 Å². The van der Waals surface area contributed by atoms with Gasteiger partial charge in [-0.25, -0.2) is 0 Å². The van der Waals surface area contributed by atoms with Crippen molar-refractivity contribution in [1.29, 1.82) is 0 Å². The van der Waals surface area contributed by atoms with Crippen LogP contribution in [-0.4, -0.2) is 62.2 Å². The lowest BCUT2D eigenvalue weighted by Crippen LogP contribution is -2.53. The second kappa shape index (κ2) is 4.81. The molecule has 0 saturated carbocycles. The zero-order valence-electron chi connectivity index (χ0n) is 10.3. The lowest BCUT2D eigenvalue weighted by atomic mass is 9.84. The standard InChI is InChI=1S/C12H25N3/c1-12(2)10-15(11-12)7-3-6-14-8-4-13-5-9-14/h13H,3-11H2,1-2H3. The minimum atomic E-state index is 0.592. The predicted octanol–water partition coefficient (Wildman–Crippen LogP) is 0.624. The predicted molar refractivity (Wildman–Crippen MR) is 64.1 cm³/mol. The van der Waals surface area contributed by atoms with Crippen molar-refractivity contribution in [1.82, 2.24) is 15.1 Å². The molecule has 88 valence electrons. The average molecular weight is 211 g/mol. The van der Waals surface area contributed by atoms with Gasteiger partial charge in [-0.2, -0.15) is 0 Å². The van der Waals surface area contributed by atoms with Gasteiger partial charge in [0.2, 0.25) is 0 Å². The van der Waals surface area contributed by atoms with Crippen LogP contribution in [0, 0.1) is 5.41 Å². The second-order valence-corrected chi connectivity index (χ2v) is 5.82. The Morgan fingerprint density at radius 1 is 1.00 bits per heavy atom. The smallest absolute Gasteiger partial charge is 0.0107 e. The summed E-state index contributed by atoms with van der Waals surface area (Å²) >= 11 is 0. The van der Waals surface area contributed by atoms with Gasteiger partial charge in [-0.15, -0.1) is 0 Å². The molecule has 0 aromatic heterocycles. The zero-order chi connectivity index (χ0) is 10.7. The van der Waals surface area contributed by atoms with E-state index in [0.29, 0.717) is 5.41 Å². The monoisotopic (exact) mass is 211 g/mol. The van der Waals surface area contributed by atoms with E-state index in [4.69, 9.17) is 0 Å². The highest BCUT2D eigenvalue weighted by molar-refractivity contribution is 4.87. The van der Waals surface area contributed by atoms with Gasteiger partial charge < -0.3 is 15.1 Å². The van der Waals surface area contributed by atoms with Gasteiger partial charge in [0.05, 0.1) is 0 Å². The SMILES string of the molecule is CC1(C)CN(CCCN2CCNCC2)C1. The van der Waals surface area contributed by atoms with E-state index >= 15 is 0 Å². The Hall–Kier alpha value is -0.120. The number of rotatable bonds is 4.